The maximum atomic E-state index is 10.00. The Morgan fingerprint density at radius 1 is 1.00 bits per heavy atom. The Bertz CT molecular complexity index is 527. The first kappa shape index (κ1) is 12.2. The molecule has 0 saturated carbocycles. The number of hydrogen-bond acceptors (Lipinski definition) is 4. The van der Waals surface area contributed by atoms with E-state index in [0.717, 1.165) is 5.39 Å². The van der Waals surface area contributed by atoms with Crippen LogP contribution in [0.3, 0.4) is 0 Å². The van der Waals surface area contributed by atoms with Crippen molar-refractivity contribution in [2.24, 2.45) is 0 Å². The van der Waals surface area contributed by atoms with Crippen LogP contribution >= 0.6 is 12.6 Å². The van der Waals surface area contributed by atoms with Crippen molar-refractivity contribution in [1.82, 2.24) is 0 Å². The van der Waals surface area contributed by atoms with E-state index in [4.69, 9.17) is 0 Å². The van der Waals surface area contributed by atoms with Gasteiger partial charge in [0.1, 0.15) is 11.9 Å². The molecule has 90 valence electrons. The molecule has 0 aromatic heterocycles. The van der Waals surface area contributed by atoms with Gasteiger partial charge in [0.25, 0.3) is 0 Å². The van der Waals surface area contributed by atoms with Gasteiger partial charge in [0.15, 0.2) is 0 Å². The molecule has 0 aliphatic heterocycles. The first-order chi connectivity index (χ1) is 8.15. The van der Waals surface area contributed by atoms with Crippen molar-refractivity contribution in [3.8, 4) is 5.75 Å². The summed E-state index contributed by atoms with van der Waals surface area (Å²) >= 11 is 3.96. The molecule has 0 heterocycles. The van der Waals surface area contributed by atoms with Crippen molar-refractivity contribution >= 4 is 23.4 Å². The van der Waals surface area contributed by atoms with Crippen molar-refractivity contribution in [2.75, 3.05) is 5.75 Å². The van der Waals surface area contributed by atoms with Crippen LogP contribution in [-0.2, 0) is 0 Å². The predicted molar refractivity (Wildman–Crippen MR) is 70.4 cm³/mol. The third kappa shape index (κ3) is 2.24. The first-order valence-corrected chi connectivity index (χ1v) is 5.96. The third-order valence-corrected chi connectivity index (χ3v) is 3.18. The van der Waals surface area contributed by atoms with Crippen LogP contribution < -0.4 is 0 Å². The van der Waals surface area contributed by atoms with Crippen molar-refractivity contribution in [3.63, 3.8) is 0 Å². The molecule has 0 fully saturated rings. The largest absolute Gasteiger partial charge is 0.507 e. The topological polar surface area (TPSA) is 60.7 Å². The molecule has 2 unspecified atom stereocenters. The van der Waals surface area contributed by atoms with Crippen LogP contribution in [-0.4, -0.2) is 27.2 Å². The fraction of sp³-hybridized carbons (Fsp3) is 0.231. The van der Waals surface area contributed by atoms with Gasteiger partial charge in [0.05, 0.1) is 6.10 Å². The normalized spacial score (nSPS) is 14.8. The van der Waals surface area contributed by atoms with Gasteiger partial charge in [-0.25, -0.2) is 0 Å². The number of aromatic hydroxyl groups is 1. The van der Waals surface area contributed by atoms with Crippen LogP contribution in [0.25, 0.3) is 10.8 Å². The molecule has 0 saturated heterocycles. The van der Waals surface area contributed by atoms with Crippen LogP contribution in [0.15, 0.2) is 36.4 Å². The van der Waals surface area contributed by atoms with Gasteiger partial charge in [-0.2, -0.15) is 12.6 Å². The third-order valence-electron chi connectivity index (χ3n) is 2.80. The molecule has 0 amide bonds. The number of phenols is 1. The molecule has 2 atom stereocenters. The molecular weight excluding hydrogens is 236 g/mol. The van der Waals surface area contributed by atoms with Crippen LogP contribution in [0.2, 0.25) is 0 Å². The molecule has 2 rings (SSSR count). The first-order valence-electron chi connectivity index (χ1n) is 5.32. The second kappa shape index (κ2) is 4.96. The van der Waals surface area contributed by atoms with E-state index >= 15 is 0 Å². The maximum Gasteiger partial charge on any atom is 0.123 e. The fourth-order valence-electron chi connectivity index (χ4n) is 1.87. The van der Waals surface area contributed by atoms with Gasteiger partial charge in [-0.15, -0.1) is 0 Å². The van der Waals surface area contributed by atoms with Crippen LogP contribution in [0.4, 0.5) is 0 Å². The molecular formula is C13H14O3S. The molecule has 0 spiro atoms. The summed E-state index contributed by atoms with van der Waals surface area (Å²) in [6, 6.07) is 10.4. The number of thiol groups is 1. The lowest BCUT2D eigenvalue weighted by Crippen LogP contribution is -2.19. The van der Waals surface area contributed by atoms with E-state index in [1.807, 2.05) is 12.1 Å². The zero-order valence-electron chi connectivity index (χ0n) is 9.11. The van der Waals surface area contributed by atoms with Crippen molar-refractivity contribution in [3.05, 3.63) is 42.0 Å². The summed E-state index contributed by atoms with van der Waals surface area (Å²) in [5.74, 6) is 0.341. The Kier molecular flexibility index (Phi) is 3.57. The Labute approximate surface area is 105 Å². The minimum Gasteiger partial charge on any atom is -0.507 e. The molecule has 2 aromatic rings. The second-order valence-corrected chi connectivity index (χ2v) is 4.28. The summed E-state index contributed by atoms with van der Waals surface area (Å²) in [4.78, 5) is 0. The second-order valence-electron chi connectivity index (χ2n) is 3.91. The zero-order valence-corrected chi connectivity index (χ0v) is 10.0. The highest BCUT2D eigenvalue weighted by Gasteiger charge is 2.19. The highest BCUT2D eigenvalue weighted by atomic mass is 32.1. The molecule has 2 aromatic carbocycles. The number of aliphatic hydroxyl groups is 2. The Morgan fingerprint density at radius 2 is 1.65 bits per heavy atom. The molecule has 17 heavy (non-hydrogen) atoms. The number of benzene rings is 2. The Balaban J connectivity index is 2.59. The summed E-state index contributed by atoms with van der Waals surface area (Å²) in [6.07, 6.45) is -1.93. The Morgan fingerprint density at radius 3 is 2.29 bits per heavy atom. The quantitative estimate of drug-likeness (QED) is 0.629. The van der Waals surface area contributed by atoms with Gasteiger partial charge >= 0.3 is 0 Å². The minimum atomic E-state index is -1.00. The summed E-state index contributed by atoms with van der Waals surface area (Å²) in [5, 5.41) is 30.7. The van der Waals surface area contributed by atoms with E-state index in [9.17, 15) is 15.3 Å². The van der Waals surface area contributed by atoms with Gasteiger partial charge in [-0.3, -0.25) is 0 Å². The average molecular weight is 250 g/mol. The van der Waals surface area contributed by atoms with E-state index in [2.05, 4.69) is 12.6 Å². The van der Waals surface area contributed by atoms with Crippen molar-refractivity contribution in [2.45, 2.75) is 12.2 Å². The van der Waals surface area contributed by atoms with Crippen molar-refractivity contribution < 1.29 is 15.3 Å². The summed E-state index contributed by atoms with van der Waals surface area (Å²) in [5.41, 5.74) is 0.597. The lowest BCUT2D eigenvalue weighted by molar-refractivity contribution is 0.0347. The smallest absolute Gasteiger partial charge is 0.123 e. The van der Waals surface area contributed by atoms with E-state index in [0.29, 0.717) is 10.9 Å². The number of hydrogen-bond donors (Lipinski definition) is 4. The number of phenolic OH excluding ortho intramolecular Hbond substituents is 1. The fourth-order valence-corrected chi connectivity index (χ4v) is 2.07. The number of fused-ring (bicyclic) bond motifs is 1. The van der Waals surface area contributed by atoms with E-state index in [1.165, 1.54) is 6.07 Å². The molecule has 0 bridgehead atoms. The molecule has 3 N–H and O–H groups in total. The van der Waals surface area contributed by atoms with Gasteiger partial charge in [0, 0.05) is 11.1 Å². The number of aliphatic hydroxyl groups excluding tert-OH is 2. The number of rotatable bonds is 3. The van der Waals surface area contributed by atoms with Gasteiger partial charge in [-0.05, 0) is 17.0 Å². The molecule has 0 radical (unpaired) electrons. The summed E-state index contributed by atoms with van der Waals surface area (Å²) < 4.78 is 0. The van der Waals surface area contributed by atoms with Crippen LogP contribution in [0.1, 0.15) is 11.7 Å². The van der Waals surface area contributed by atoms with Crippen LogP contribution in [0.5, 0.6) is 5.75 Å². The SMILES string of the molecule is Oc1ccc(C(O)C(O)CS)c2ccccc12. The summed E-state index contributed by atoms with van der Waals surface area (Å²) in [6.45, 7) is 0. The van der Waals surface area contributed by atoms with E-state index < -0.39 is 12.2 Å². The van der Waals surface area contributed by atoms with E-state index in [1.54, 1.807) is 18.2 Å². The molecule has 4 heteroatoms. The molecule has 0 aliphatic rings. The maximum absolute atomic E-state index is 10.00. The van der Waals surface area contributed by atoms with Crippen LogP contribution in [0, 0.1) is 0 Å². The Hall–Kier alpha value is -1.23. The lowest BCUT2D eigenvalue weighted by atomic mass is 9.97. The lowest BCUT2D eigenvalue weighted by Gasteiger charge is -2.18. The van der Waals surface area contributed by atoms with E-state index in [-0.39, 0.29) is 11.5 Å². The predicted octanol–water partition coefficient (Wildman–Crippen LogP) is 1.87. The standard InChI is InChI=1S/C13H14O3S/c14-11-6-5-10(13(16)12(15)7-17)8-3-1-2-4-9(8)11/h1-6,12-17H,7H2. The molecule has 0 aliphatic carbocycles. The highest BCUT2D eigenvalue weighted by Crippen LogP contribution is 2.32. The molecule has 3 nitrogen and oxygen atoms in total. The minimum absolute atomic E-state index is 0.164. The highest BCUT2D eigenvalue weighted by molar-refractivity contribution is 7.80. The van der Waals surface area contributed by atoms with Gasteiger partial charge in [-0.1, -0.05) is 30.3 Å². The zero-order chi connectivity index (χ0) is 12.4. The van der Waals surface area contributed by atoms with Crippen molar-refractivity contribution in [1.29, 1.82) is 0 Å². The monoisotopic (exact) mass is 250 g/mol. The van der Waals surface area contributed by atoms with Gasteiger partial charge in [0.2, 0.25) is 0 Å². The summed E-state index contributed by atoms with van der Waals surface area (Å²) in [7, 11) is 0. The average Bonchev–Trinajstić information content (AvgIpc) is 2.38. The van der Waals surface area contributed by atoms with Gasteiger partial charge < -0.3 is 15.3 Å².